The second-order valence-corrected chi connectivity index (χ2v) is 6.89. The Bertz CT molecular complexity index is 1150. The van der Waals surface area contributed by atoms with Crippen LogP contribution in [-0.4, -0.2) is 15.5 Å². The van der Waals surface area contributed by atoms with E-state index in [4.69, 9.17) is 9.15 Å². The number of fused-ring (bicyclic) bond motifs is 1. The summed E-state index contributed by atoms with van der Waals surface area (Å²) in [4.78, 5) is 28.4. The van der Waals surface area contributed by atoms with Gasteiger partial charge in [0.15, 0.2) is 10.7 Å². The lowest BCUT2D eigenvalue weighted by atomic mass is 10.3. The van der Waals surface area contributed by atoms with E-state index in [0.717, 1.165) is 10.8 Å². The van der Waals surface area contributed by atoms with Crippen LogP contribution in [-0.2, 0) is 22.7 Å². The van der Waals surface area contributed by atoms with Gasteiger partial charge < -0.3 is 14.5 Å². The van der Waals surface area contributed by atoms with Crippen molar-refractivity contribution in [3.8, 4) is 0 Å². The third-order valence-corrected chi connectivity index (χ3v) is 4.88. The highest BCUT2D eigenvalue weighted by molar-refractivity contribution is 7.13. The number of thiazole rings is 1. The number of hydrogen-bond acceptors (Lipinski definition) is 7. The Balaban J connectivity index is 1.30. The van der Waals surface area contributed by atoms with Crippen molar-refractivity contribution in [2.24, 2.45) is 0 Å². The maximum atomic E-state index is 12.0. The van der Waals surface area contributed by atoms with Crippen LogP contribution in [0.4, 0.5) is 10.8 Å². The number of benzene rings is 2. The van der Waals surface area contributed by atoms with E-state index in [9.17, 15) is 9.59 Å². The first-order chi connectivity index (χ1) is 13.7. The number of oxazole rings is 1. The molecule has 0 radical (unpaired) electrons. The number of esters is 1. The molecular weight excluding hydrogens is 378 g/mol. The van der Waals surface area contributed by atoms with E-state index >= 15 is 0 Å². The van der Waals surface area contributed by atoms with E-state index in [1.165, 1.54) is 15.9 Å². The number of carbonyl (C=O) groups is 1. The van der Waals surface area contributed by atoms with Crippen LogP contribution >= 0.6 is 11.3 Å². The smallest absolute Gasteiger partial charge is 0.419 e. The molecule has 4 rings (SSSR count). The van der Waals surface area contributed by atoms with Crippen molar-refractivity contribution in [3.63, 3.8) is 0 Å². The van der Waals surface area contributed by atoms with Crippen LogP contribution in [0, 0.1) is 0 Å². The molecule has 0 spiro atoms. The van der Waals surface area contributed by atoms with Crippen LogP contribution in [0.15, 0.2) is 69.2 Å². The van der Waals surface area contributed by atoms with Gasteiger partial charge in [0, 0.05) is 17.6 Å². The maximum Gasteiger partial charge on any atom is 0.419 e. The van der Waals surface area contributed by atoms with Crippen molar-refractivity contribution in [3.05, 3.63) is 76.2 Å². The highest BCUT2D eigenvalue weighted by Gasteiger charge is 2.12. The molecule has 2 aromatic carbocycles. The molecule has 2 aromatic heterocycles. The van der Waals surface area contributed by atoms with Gasteiger partial charge >= 0.3 is 11.7 Å². The van der Waals surface area contributed by atoms with Gasteiger partial charge in [0.25, 0.3) is 0 Å². The number of hydrogen-bond donors (Lipinski definition) is 1. The van der Waals surface area contributed by atoms with Gasteiger partial charge in [0.1, 0.15) is 6.61 Å². The van der Waals surface area contributed by atoms with E-state index in [1.807, 2.05) is 41.8 Å². The summed E-state index contributed by atoms with van der Waals surface area (Å²) in [6.45, 7) is 0.291. The molecule has 4 aromatic rings. The fourth-order valence-corrected chi connectivity index (χ4v) is 3.45. The van der Waals surface area contributed by atoms with Gasteiger partial charge in [-0.05, 0) is 24.3 Å². The quantitative estimate of drug-likeness (QED) is 0.477. The summed E-state index contributed by atoms with van der Waals surface area (Å²) in [5.74, 6) is -0.882. The van der Waals surface area contributed by atoms with Crippen molar-refractivity contribution < 1.29 is 13.9 Å². The third kappa shape index (κ3) is 4.12. The number of rotatable bonds is 7. The number of aryl methyl sites for hydroxylation is 1. The third-order valence-electron chi connectivity index (χ3n) is 4.07. The summed E-state index contributed by atoms with van der Waals surface area (Å²) in [5, 5.41) is 5.77. The molecule has 142 valence electrons. The molecule has 0 atom stereocenters. The number of nitrogens with zero attached hydrogens (tertiary/aromatic N) is 2. The van der Waals surface area contributed by atoms with E-state index in [2.05, 4.69) is 10.3 Å². The first kappa shape index (κ1) is 18.0. The van der Waals surface area contributed by atoms with Crippen LogP contribution in [0.2, 0.25) is 0 Å². The topological polar surface area (TPSA) is 86.4 Å². The SMILES string of the molecule is O=C(CCn1c(=O)oc2ccccc21)OCc1csc(Nc2ccccc2)n1. The van der Waals surface area contributed by atoms with Crippen LogP contribution < -0.4 is 11.1 Å². The van der Waals surface area contributed by atoms with Gasteiger partial charge in [-0.15, -0.1) is 11.3 Å². The molecule has 2 heterocycles. The molecule has 0 fully saturated rings. The maximum absolute atomic E-state index is 12.0. The Morgan fingerprint density at radius 3 is 2.79 bits per heavy atom. The zero-order valence-corrected chi connectivity index (χ0v) is 15.6. The Morgan fingerprint density at radius 2 is 1.93 bits per heavy atom. The molecule has 0 unspecified atom stereocenters. The monoisotopic (exact) mass is 395 g/mol. The fourth-order valence-electron chi connectivity index (χ4n) is 2.73. The lowest BCUT2D eigenvalue weighted by Gasteiger charge is -2.04. The zero-order chi connectivity index (χ0) is 19.3. The largest absolute Gasteiger partial charge is 0.459 e. The second-order valence-electron chi connectivity index (χ2n) is 6.03. The molecule has 0 aliphatic heterocycles. The molecular formula is C20H17N3O4S. The average molecular weight is 395 g/mol. The molecule has 1 N–H and O–H groups in total. The normalized spacial score (nSPS) is 10.9. The van der Waals surface area contributed by atoms with Gasteiger partial charge in [-0.1, -0.05) is 30.3 Å². The minimum absolute atomic E-state index is 0.0721. The Morgan fingerprint density at radius 1 is 1.14 bits per heavy atom. The summed E-state index contributed by atoms with van der Waals surface area (Å²) in [7, 11) is 0. The molecule has 7 nitrogen and oxygen atoms in total. The Hall–Kier alpha value is -3.39. The number of para-hydroxylation sites is 3. The minimum Gasteiger partial charge on any atom is -0.459 e. The number of anilines is 2. The average Bonchev–Trinajstić information content (AvgIpc) is 3.28. The van der Waals surface area contributed by atoms with Gasteiger partial charge in [-0.3, -0.25) is 9.36 Å². The van der Waals surface area contributed by atoms with Gasteiger partial charge in [0.2, 0.25) is 0 Å². The van der Waals surface area contributed by atoms with Gasteiger partial charge in [-0.25, -0.2) is 9.78 Å². The molecule has 8 heteroatoms. The molecule has 0 amide bonds. The van der Waals surface area contributed by atoms with Crippen molar-refractivity contribution >= 4 is 39.2 Å². The highest BCUT2D eigenvalue weighted by Crippen LogP contribution is 2.21. The number of ether oxygens (including phenoxy) is 1. The van der Waals surface area contributed by atoms with E-state index < -0.39 is 11.7 Å². The summed E-state index contributed by atoms with van der Waals surface area (Å²) in [6, 6.07) is 16.8. The Labute approximate surface area is 164 Å². The van der Waals surface area contributed by atoms with Crippen LogP contribution in [0.5, 0.6) is 0 Å². The van der Waals surface area contributed by atoms with E-state index in [-0.39, 0.29) is 19.6 Å². The number of aromatic nitrogens is 2. The van der Waals surface area contributed by atoms with Crippen molar-refractivity contribution in [2.45, 2.75) is 19.6 Å². The molecule has 0 saturated heterocycles. The van der Waals surface area contributed by atoms with E-state index in [0.29, 0.717) is 16.8 Å². The first-order valence-electron chi connectivity index (χ1n) is 8.69. The number of carbonyl (C=O) groups excluding carboxylic acids is 1. The van der Waals surface area contributed by atoms with Crippen LogP contribution in [0.25, 0.3) is 11.1 Å². The summed E-state index contributed by atoms with van der Waals surface area (Å²) in [5.41, 5.74) is 2.78. The fraction of sp³-hybridized carbons (Fsp3) is 0.150. The van der Waals surface area contributed by atoms with Crippen molar-refractivity contribution in [2.75, 3.05) is 5.32 Å². The predicted molar refractivity (Wildman–Crippen MR) is 107 cm³/mol. The molecule has 0 bridgehead atoms. The van der Waals surface area contributed by atoms with Crippen LogP contribution in [0.3, 0.4) is 0 Å². The standard InChI is InChI=1S/C20H17N3O4S/c24-18(10-11-23-16-8-4-5-9-17(16)27-20(23)25)26-12-15-13-28-19(22-15)21-14-6-2-1-3-7-14/h1-9,13H,10-12H2,(H,21,22). The van der Waals surface area contributed by atoms with Gasteiger partial charge in [0.05, 0.1) is 17.6 Å². The lowest BCUT2D eigenvalue weighted by molar-refractivity contribution is -0.145. The van der Waals surface area contributed by atoms with Gasteiger partial charge in [-0.2, -0.15) is 0 Å². The molecule has 0 saturated carbocycles. The Kier molecular flexibility index (Phi) is 5.20. The molecule has 0 aliphatic rings. The summed E-state index contributed by atoms with van der Waals surface area (Å²) in [6.07, 6.45) is 0.0721. The van der Waals surface area contributed by atoms with Crippen molar-refractivity contribution in [1.29, 1.82) is 0 Å². The first-order valence-corrected chi connectivity index (χ1v) is 9.57. The number of nitrogens with one attached hydrogen (secondary N) is 1. The lowest BCUT2D eigenvalue weighted by Crippen LogP contribution is -2.17. The van der Waals surface area contributed by atoms with Crippen LogP contribution in [0.1, 0.15) is 12.1 Å². The predicted octanol–water partition coefficient (Wildman–Crippen LogP) is 3.93. The summed E-state index contributed by atoms with van der Waals surface area (Å²) < 4.78 is 11.9. The van der Waals surface area contributed by atoms with E-state index in [1.54, 1.807) is 18.2 Å². The minimum atomic E-state index is -0.481. The zero-order valence-electron chi connectivity index (χ0n) is 14.8. The highest BCUT2D eigenvalue weighted by atomic mass is 32.1. The molecule has 0 aliphatic carbocycles. The second kappa shape index (κ2) is 8.10. The molecule has 28 heavy (non-hydrogen) atoms. The van der Waals surface area contributed by atoms with Crippen molar-refractivity contribution in [1.82, 2.24) is 9.55 Å². The summed E-state index contributed by atoms with van der Waals surface area (Å²) >= 11 is 1.44.